The van der Waals surface area contributed by atoms with Crippen LogP contribution in [0.25, 0.3) is 0 Å². The molecule has 0 saturated carbocycles. The highest BCUT2D eigenvalue weighted by atomic mass is 19.1. The van der Waals surface area contributed by atoms with Gasteiger partial charge in [0.05, 0.1) is 11.0 Å². The number of benzene rings is 1. The molecule has 1 fully saturated rings. The zero-order chi connectivity index (χ0) is 12.4. The fraction of sp³-hybridized carbons (Fsp3) is 0.400. The number of rotatable bonds is 2. The predicted octanol–water partition coefficient (Wildman–Crippen LogP) is 0.673. The molecule has 7 heteroatoms. The lowest BCUT2D eigenvalue weighted by atomic mass is 10.0. The first kappa shape index (κ1) is 11.7. The summed E-state index contributed by atoms with van der Waals surface area (Å²) in [6.07, 6.45) is 0. The average Bonchev–Trinajstić information content (AvgIpc) is 2.32. The van der Waals surface area contributed by atoms with Gasteiger partial charge < -0.3 is 15.7 Å². The number of halogens is 1. The standard InChI is InChI=1S/C10H12FN3O3/c11-6-3-7(8-5-12-1-2-13-8)10(15)9(4-6)14(16)17/h3-4,8,12-13,15H,1-2,5H2/t8-/m0/s1. The summed E-state index contributed by atoms with van der Waals surface area (Å²) in [5.74, 6) is -1.20. The molecule has 3 N–H and O–H groups in total. The number of piperazine rings is 1. The van der Waals surface area contributed by atoms with Gasteiger partial charge in [0.15, 0.2) is 5.75 Å². The summed E-state index contributed by atoms with van der Waals surface area (Å²) in [7, 11) is 0. The average molecular weight is 241 g/mol. The van der Waals surface area contributed by atoms with Crippen LogP contribution >= 0.6 is 0 Å². The van der Waals surface area contributed by atoms with Gasteiger partial charge in [-0.1, -0.05) is 0 Å². The molecule has 1 aliphatic heterocycles. The summed E-state index contributed by atoms with van der Waals surface area (Å²) in [5, 5.41) is 26.5. The fourth-order valence-corrected chi connectivity index (χ4v) is 1.88. The van der Waals surface area contributed by atoms with Crippen molar-refractivity contribution in [2.45, 2.75) is 6.04 Å². The molecule has 0 bridgehead atoms. The summed E-state index contributed by atoms with van der Waals surface area (Å²) in [6.45, 7) is 1.93. The zero-order valence-electron chi connectivity index (χ0n) is 8.94. The second-order valence-electron chi connectivity index (χ2n) is 3.83. The Balaban J connectivity index is 2.41. The maximum atomic E-state index is 13.3. The van der Waals surface area contributed by atoms with Gasteiger partial charge in [0, 0.05) is 31.2 Å². The van der Waals surface area contributed by atoms with Gasteiger partial charge in [0.25, 0.3) is 0 Å². The van der Waals surface area contributed by atoms with Gasteiger partial charge in [-0.15, -0.1) is 0 Å². The van der Waals surface area contributed by atoms with Gasteiger partial charge in [-0.05, 0) is 6.07 Å². The number of nitrogens with zero attached hydrogens (tertiary/aromatic N) is 1. The summed E-state index contributed by atoms with van der Waals surface area (Å²) in [6, 6.07) is 1.51. The lowest BCUT2D eigenvalue weighted by Gasteiger charge is -2.25. The van der Waals surface area contributed by atoms with Crippen molar-refractivity contribution in [1.82, 2.24) is 10.6 Å². The van der Waals surface area contributed by atoms with Gasteiger partial charge in [0.2, 0.25) is 0 Å². The van der Waals surface area contributed by atoms with E-state index in [9.17, 15) is 19.6 Å². The van der Waals surface area contributed by atoms with E-state index in [0.29, 0.717) is 13.1 Å². The monoisotopic (exact) mass is 241 g/mol. The lowest BCUT2D eigenvalue weighted by Crippen LogP contribution is -2.42. The minimum absolute atomic E-state index is 0.212. The van der Waals surface area contributed by atoms with E-state index >= 15 is 0 Å². The summed E-state index contributed by atoms with van der Waals surface area (Å²) in [4.78, 5) is 9.86. The van der Waals surface area contributed by atoms with Gasteiger partial charge in [-0.25, -0.2) is 4.39 Å². The molecule has 0 unspecified atom stereocenters. The van der Waals surface area contributed by atoms with Crippen LogP contribution in [-0.2, 0) is 0 Å². The number of aromatic hydroxyl groups is 1. The van der Waals surface area contributed by atoms with Crippen LogP contribution in [0.15, 0.2) is 12.1 Å². The lowest BCUT2D eigenvalue weighted by molar-refractivity contribution is -0.386. The van der Waals surface area contributed by atoms with E-state index in [0.717, 1.165) is 18.7 Å². The Kier molecular flexibility index (Phi) is 3.21. The van der Waals surface area contributed by atoms with E-state index in [1.165, 1.54) is 0 Å². The predicted molar refractivity (Wildman–Crippen MR) is 58.3 cm³/mol. The van der Waals surface area contributed by atoms with Crippen LogP contribution in [0.4, 0.5) is 10.1 Å². The first-order valence-electron chi connectivity index (χ1n) is 5.20. The topological polar surface area (TPSA) is 87.4 Å². The van der Waals surface area contributed by atoms with E-state index in [-0.39, 0.29) is 11.6 Å². The molecule has 92 valence electrons. The van der Waals surface area contributed by atoms with Crippen molar-refractivity contribution in [2.24, 2.45) is 0 Å². The number of nitro groups is 1. The highest BCUT2D eigenvalue weighted by Crippen LogP contribution is 2.34. The van der Waals surface area contributed by atoms with Crippen LogP contribution in [0.5, 0.6) is 5.75 Å². The number of phenols is 1. The Morgan fingerprint density at radius 2 is 2.24 bits per heavy atom. The van der Waals surface area contributed by atoms with Crippen molar-refractivity contribution < 1.29 is 14.4 Å². The summed E-state index contributed by atoms with van der Waals surface area (Å²) >= 11 is 0. The highest BCUT2D eigenvalue weighted by molar-refractivity contribution is 5.52. The third-order valence-electron chi connectivity index (χ3n) is 2.70. The van der Waals surface area contributed by atoms with Crippen molar-refractivity contribution in [3.05, 3.63) is 33.6 Å². The second-order valence-corrected chi connectivity index (χ2v) is 3.83. The molecule has 1 aromatic rings. The molecule has 0 amide bonds. The molecule has 2 rings (SSSR count). The minimum Gasteiger partial charge on any atom is -0.502 e. The third kappa shape index (κ3) is 2.34. The third-order valence-corrected chi connectivity index (χ3v) is 2.70. The molecular weight excluding hydrogens is 229 g/mol. The maximum absolute atomic E-state index is 13.3. The zero-order valence-corrected chi connectivity index (χ0v) is 8.94. The molecule has 1 aliphatic rings. The van der Waals surface area contributed by atoms with Crippen molar-refractivity contribution in [2.75, 3.05) is 19.6 Å². The normalized spacial score (nSPS) is 20.2. The number of nitrogens with one attached hydrogen (secondary N) is 2. The molecule has 1 saturated heterocycles. The number of hydrogen-bond donors (Lipinski definition) is 3. The number of phenolic OH excluding ortho intramolecular Hbond substituents is 1. The molecule has 0 aliphatic carbocycles. The van der Waals surface area contributed by atoms with Crippen LogP contribution in [-0.4, -0.2) is 29.7 Å². The Labute approximate surface area is 96.6 Å². The largest absolute Gasteiger partial charge is 0.502 e. The Hall–Kier alpha value is -1.73. The molecule has 17 heavy (non-hydrogen) atoms. The highest BCUT2D eigenvalue weighted by Gasteiger charge is 2.25. The van der Waals surface area contributed by atoms with Crippen LogP contribution in [0.3, 0.4) is 0 Å². The van der Waals surface area contributed by atoms with Gasteiger partial charge in [-0.3, -0.25) is 10.1 Å². The first-order valence-corrected chi connectivity index (χ1v) is 5.20. The van der Waals surface area contributed by atoms with E-state index in [2.05, 4.69) is 10.6 Å². The molecule has 0 spiro atoms. The van der Waals surface area contributed by atoms with Crippen molar-refractivity contribution in [3.63, 3.8) is 0 Å². The quantitative estimate of drug-likeness (QED) is 0.523. The van der Waals surface area contributed by atoms with Crippen LogP contribution in [0.1, 0.15) is 11.6 Å². The molecule has 1 heterocycles. The van der Waals surface area contributed by atoms with Gasteiger partial charge >= 0.3 is 5.69 Å². The SMILES string of the molecule is O=[N+]([O-])c1cc(F)cc([C@@H]2CNCCN2)c1O. The fourth-order valence-electron chi connectivity index (χ4n) is 1.88. The van der Waals surface area contributed by atoms with E-state index in [4.69, 9.17) is 0 Å². The van der Waals surface area contributed by atoms with Gasteiger partial charge in [0.1, 0.15) is 5.82 Å². The van der Waals surface area contributed by atoms with Crippen molar-refractivity contribution >= 4 is 5.69 Å². The van der Waals surface area contributed by atoms with E-state index < -0.39 is 22.2 Å². The Bertz CT molecular complexity index is 447. The molecule has 0 aromatic heterocycles. The molecule has 6 nitrogen and oxygen atoms in total. The molecule has 1 atom stereocenters. The molecule has 0 radical (unpaired) electrons. The van der Waals surface area contributed by atoms with E-state index in [1.807, 2.05) is 0 Å². The maximum Gasteiger partial charge on any atom is 0.313 e. The summed E-state index contributed by atoms with van der Waals surface area (Å²) < 4.78 is 13.3. The number of hydrogen-bond acceptors (Lipinski definition) is 5. The number of nitro benzene ring substituents is 1. The van der Waals surface area contributed by atoms with Crippen LogP contribution < -0.4 is 10.6 Å². The Morgan fingerprint density at radius 1 is 1.47 bits per heavy atom. The molecular formula is C10H12FN3O3. The summed E-state index contributed by atoms with van der Waals surface area (Å²) in [5.41, 5.74) is -0.392. The first-order chi connectivity index (χ1) is 8.09. The minimum atomic E-state index is -0.793. The molecule has 1 aromatic carbocycles. The van der Waals surface area contributed by atoms with Crippen molar-refractivity contribution in [3.8, 4) is 5.75 Å². The smallest absolute Gasteiger partial charge is 0.313 e. The van der Waals surface area contributed by atoms with Gasteiger partial charge in [-0.2, -0.15) is 0 Å². The van der Waals surface area contributed by atoms with E-state index in [1.54, 1.807) is 0 Å². The van der Waals surface area contributed by atoms with Crippen LogP contribution in [0, 0.1) is 15.9 Å². The second kappa shape index (κ2) is 4.64. The van der Waals surface area contributed by atoms with Crippen molar-refractivity contribution in [1.29, 1.82) is 0 Å². The van der Waals surface area contributed by atoms with Crippen LogP contribution in [0.2, 0.25) is 0 Å². The Morgan fingerprint density at radius 3 is 2.82 bits per heavy atom.